The molecule has 7 nitrogen and oxygen atoms in total. The molecule has 6 aliphatic rings. The number of ether oxygens (including phenoxy) is 6. The molecule has 0 aromatic carbocycles. The summed E-state index contributed by atoms with van der Waals surface area (Å²) >= 11 is 0. The Hall–Kier alpha value is -0.990. The van der Waals surface area contributed by atoms with Gasteiger partial charge in [-0.2, -0.15) is 0 Å². The van der Waals surface area contributed by atoms with Gasteiger partial charge in [-0.25, -0.2) is 4.79 Å². The van der Waals surface area contributed by atoms with Crippen LogP contribution in [0.2, 0.25) is 0 Å². The van der Waals surface area contributed by atoms with E-state index >= 15 is 0 Å². The van der Waals surface area contributed by atoms with Gasteiger partial charge in [0.2, 0.25) is 0 Å². The van der Waals surface area contributed by atoms with Gasteiger partial charge in [0.1, 0.15) is 12.9 Å². The lowest BCUT2D eigenvalue weighted by Crippen LogP contribution is -2.53. The van der Waals surface area contributed by atoms with Crippen molar-refractivity contribution < 1.29 is 33.2 Å². The standard InChI is InChI=1S/C39H64O7/c1-2-37(40)42-24-10-4-3-9-23-41-30-17-19-31(20-18-30)45-27-46-32-25-43-35-21-15-28-11-5-7-13-33(28)38(35)39-34-14-8-6-12-29(34)16-22-36(39)44-26-32/h2,28-36,38-39H,1,3-27H2. The maximum Gasteiger partial charge on any atom is 0.330 e. The van der Waals surface area contributed by atoms with Gasteiger partial charge in [-0.15, -0.1) is 0 Å². The molecule has 1 heterocycles. The summed E-state index contributed by atoms with van der Waals surface area (Å²) in [6, 6.07) is 0. The zero-order chi connectivity index (χ0) is 31.6. The van der Waals surface area contributed by atoms with Gasteiger partial charge < -0.3 is 28.4 Å². The van der Waals surface area contributed by atoms with Crippen molar-refractivity contribution >= 4 is 5.97 Å². The highest BCUT2D eigenvalue weighted by molar-refractivity contribution is 5.81. The highest BCUT2D eigenvalue weighted by Crippen LogP contribution is 2.56. The number of carbonyl (C=O) groups is 1. The summed E-state index contributed by atoms with van der Waals surface area (Å²) in [5.74, 6) is 4.52. The van der Waals surface area contributed by atoms with Crippen LogP contribution in [0.25, 0.3) is 0 Å². The fraction of sp³-hybridized carbons (Fsp3) is 0.923. The topological polar surface area (TPSA) is 72.5 Å². The molecule has 7 heteroatoms. The molecule has 5 aliphatic carbocycles. The first-order chi connectivity index (χ1) is 22.7. The van der Waals surface area contributed by atoms with Crippen LogP contribution >= 0.6 is 0 Å². The third-order valence-electron chi connectivity index (χ3n) is 12.9. The first kappa shape index (κ1) is 34.9. The maximum atomic E-state index is 11.1. The second-order valence-corrected chi connectivity index (χ2v) is 15.6. The van der Waals surface area contributed by atoms with E-state index in [4.69, 9.17) is 28.4 Å². The summed E-state index contributed by atoms with van der Waals surface area (Å²) in [5, 5.41) is 0. The second kappa shape index (κ2) is 18.1. The van der Waals surface area contributed by atoms with Crippen molar-refractivity contribution in [1.82, 2.24) is 0 Å². The Balaban J connectivity index is 0.920. The largest absolute Gasteiger partial charge is 0.463 e. The zero-order valence-electron chi connectivity index (χ0n) is 28.7. The van der Waals surface area contributed by atoms with Crippen LogP contribution in [0.1, 0.15) is 128 Å². The highest BCUT2D eigenvalue weighted by atomic mass is 16.7. The Morgan fingerprint density at radius 2 is 1.11 bits per heavy atom. The van der Waals surface area contributed by atoms with Crippen LogP contribution in [0.4, 0.5) is 0 Å². The Labute approximate surface area is 279 Å². The Morgan fingerprint density at radius 1 is 0.587 bits per heavy atom. The average molecular weight is 645 g/mol. The third-order valence-corrected chi connectivity index (χ3v) is 12.9. The third kappa shape index (κ3) is 9.37. The molecule has 0 spiro atoms. The molecule has 6 rings (SSSR count). The molecule has 46 heavy (non-hydrogen) atoms. The number of esters is 1. The van der Waals surface area contributed by atoms with Crippen molar-refractivity contribution in [2.75, 3.05) is 33.2 Å². The summed E-state index contributed by atoms with van der Waals surface area (Å²) in [5.41, 5.74) is 0. The van der Waals surface area contributed by atoms with E-state index in [1.54, 1.807) is 0 Å². The Bertz CT molecular complexity index is 876. The summed E-state index contributed by atoms with van der Waals surface area (Å²) < 4.78 is 37.6. The van der Waals surface area contributed by atoms with E-state index in [0.29, 0.717) is 56.8 Å². The Kier molecular flexibility index (Phi) is 13.7. The summed E-state index contributed by atoms with van der Waals surface area (Å²) in [6.07, 6.45) is 27.3. The van der Waals surface area contributed by atoms with Gasteiger partial charge in [0, 0.05) is 12.7 Å². The van der Waals surface area contributed by atoms with Gasteiger partial charge in [0.15, 0.2) is 0 Å². The molecule has 0 radical (unpaired) electrons. The minimum atomic E-state index is -0.337. The molecule has 0 amide bonds. The van der Waals surface area contributed by atoms with Crippen molar-refractivity contribution in [2.24, 2.45) is 35.5 Å². The number of carbonyl (C=O) groups excluding carboxylic acids is 1. The van der Waals surface area contributed by atoms with Gasteiger partial charge in [-0.3, -0.25) is 0 Å². The van der Waals surface area contributed by atoms with E-state index in [9.17, 15) is 4.79 Å². The lowest BCUT2D eigenvalue weighted by molar-refractivity contribution is -0.166. The molecule has 0 bridgehead atoms. The zero-order valence-corrected chi connectivity index (χ0v) is 28.7. The quantitative estimate of drug-likeness (QED) is 0.0867. The normalized spacial score (nSPS) is 39.7. The van der Waals surface area contributed by atoms with Crippen LogP contribution in [0.5, 0.6) is 0 Å². The van der Waals surface area contributed by atoms with Crippen molar-refractivity contribution in [3.8, 4) is 0 Å². The van der Waals surface area contributed by atoms with Crippen molar-refractivity contribution in [2.45, 2.75) is 159 Å². The van der Waals surface area contributed by atoms with Crippen molar-refractivity contribution in [1.29, 1.82) is 0 Å². The number of hydrogen-bond donors (Lipinski definition) is 0. The van der Waals surface area contributed by atoms with E-state index in [1.807, 2.05) is 0 Å². The maximum absolute atomic E-state index is 11.1. The monoisotopic (exact) mass is 644 g/mol. The molecule has 0 aromatic rings. The second-order valence-electron chi connectivity index (χ2n) is 15.6. The van der Waals surface area contributed by atoms with E-state index in [1.165, 1.54) is 83.1 Å². The van der Waals surface area contributed by atoms with Crippen LogP contribution in [0, 0.1) is 35.5 Å². The van der Waals surface area contributed by atoms with Crippen LogP contribution in [0.3, 0.4) is 0 Å². The molecule has 5 saturated carbocycles. The number of fused-ring (bicyclic) bond motifs is 7. The Morgan fingerprint density at radius 3 is 1.70 bits per heavy atom. The van der Waals surface area contributed by atoms with Gasteiger partial charge in [-0.05, 0) is 119 Å². The molecule has 6 fully saturated rings. The van der Waals surface area contributed by atoms with Crippen LogP contribution in [0.15, 0.2) is 12.7 Å². The van der Waals surface area contributed by atoms with Gasteiger partial charge >= 0.3 is 5.97 Å². The molecule has 8 atom stereocenters. The fourth-order valence-corrected chi connectivity index (χ4v) is 10.6. The fourth-order valence-electron chi connectivity index (χ4n) is 10.6. The minimum absolute atomic E-state index is 0.0544. The van der Waals surface area contributed by atoms with Gasteiger partial charge in [0.05, 0.1) is 44.2 Å². The SMILES string of the molecule is C=CC(=O)OCCCCCCOC1CCC(OCOC2COC3CCC4CCCCC4C3C3C(CCC4CCCCC43)OC2)CC1. The van der Waals surface area contributed by atoms with Crippen LogP contribution < -0.4 is 0 Å². The van der Waals surface area contributed by atoms with Gasteiger partial charge in [0.25, 0.3) is 0 Å². The smallest absolute Gasteiger partial charge is 0.330 e. The molecule has 1 aliphatic heterocycles. The summed E-state index contributed by atoms with van der Waals surface area (Å²) in [7, 11) is 0. The van der Waals surface area contributed by atoms with E-state index in [0.717, 1.165) is 81.6 Å². The summed E-state index contributed by atoms with van der Waals surface area (Å²) in [4.78, 5) is 11.1. The average Bonchev–Trinajstić information content (AvgIpc) is 3.18. The van der Waals surface area contributed by atoms with Crippen LogP contribution in [-0.4, -0.2) is 69.7 Å². The number of unbranched alkanes of at least 4 members (excludes halogenated alkanes) is 3. The first-order valence-corrected chi connectivity index (χ1v) is 19.6. The predicted octanol–water partition coefficient (Wildman–Crippen LogP) is 8.18. The molecule has 8 unspecified atom stereocenters. The predicted molar refractivity (Wildman–Crippen MR) is 178 cm³/mol. The molecular formula is C39H64O7. The molecular weight excluding hydrogens is 580 g/mol. The highest BCUT2D eigenvalue weighted by Gasteiger charge is 2.53. The number of rotatable bonds is 13. The minimum Gasteiger partial charge on any atom is -0.463 e. The van der Waals surface area contributed by atoms with Crippen LogP contribution in [-0.2, 0) is 33.2 Å². The van der Waals surface area contributed by atoms with E-state index < -0.39 is 0 Å². The first-order valence-electron chi connectivity index (χ1n) is 19.6. The molecule has 0 N–H and O–H groups in total. The number of hydrogen-bond acceptors (Lipinski definition) is 7. The molecule has 1 saturated heterocycles. The lowest BCUT2D eigenvalue weighted by Gasteiger charge is -2.55. The van der Waals surface area contributed by atoms with Gasteiger partial charge in [-0.1, -0.05) is 51.5 Å². The van der Waals surface area contributed by atoms with E-state index in [2.05, 4.69) is 6.58 Å². The molecule has 0 aromatic heterocycles. The lowest BCUT2D eigenvalue weighted by atomic mass is 9.53. The van der Waals surface area contributed by atoms with Crippen molar-refractivity contribution in [3.63, 3.8) is 0 Å². The summed E-state index contributed by atoms with van der Waals surface area (Å²) in [6.45, 7) is 6.30. The van der Waals surface area contributed by atoms with Crippen molar-refractivity contribution in [3.05, 3.63) is 12.7 Å². The van der Waals surface area contributed by atoms with E-state index in [-0.39, 0.29) is 18.2 Å². The molecule has 262 valence electrons.